The number of amides is 2. The number of anilines is 1. The second-order valence-corrected chi connectivity index (χ2v) is 11.1. The molecule has 1 heterocycles. The summed E-state index contributed by atoms with van der Waals surface area (Å²) in [5, 5.41) is 13.2. The van der Waals surface area contributed by atoms with Crippen LogP contribution in [0.25, 0.3) is 0 Å². The van der Waals surface area contributed by atoms with Gasteiger partial charge in [0.15, 0.2) is 0 Å². The van der Waals surface area contributed by atoms with Crippen molar-refractivity contribution in [3.8, 4) is 5.75 Å². The van der Waals surface area contributed by atoms with Gasteiger partial charge in [-0.05, 0) is 49.9 Å². The summed E-state index contributed by atoms with van der Waals surface area (Å²) in [6.07, 6.45) is -6.80. The lowest BCUT2D eigenvalue weighted by atomic mass is 10.0. The molecule has 220 valence electrons. The van der Waals surface area contributed by atoms with E-state index in [4.69, 9.17) is 27.9 Å². The van der Waals surface area contributed by atoms with Gasteiger partial charge >= 0.3 is 6.18 Å². The predicted molar refractivity (Wildman–Crippen MR) is 149 cm³/mol. The number of alkyl halides is 3. The minimum Gasteiger partial charge on any atom is -0.488 e. The molecule has 2 amide bonds. The van der Waals surface area contributed by atoms with E-state index in [1.54, 1.807) is 42.2 Å². The van der Waals surface area contributed by atoms with Crippen LogP contribution in [0.4, 0.5) is 18.9 Å². The fraction of sp³-hybridized carbons (Fsp3) is 0.500. The van der Waals surface area contributed by atoms with Gasteiger partial charge in [-0.2, -0.15) is 13.2 Å². The molecule has 0 unspecified atom stereocenters. The van der Waals surface area contributed by atoms with Crippen LogP contribution in [0, 0.1) is 5.92 Å². The van der Waals surface area contributed by atoms with Crippen LogP contribution in [0.5, 0.6) is 5.75 Å². The zero-order chi connectivity index (χ0) is 29.6. The molecule has 0 bridgehead atoms. The highest BCUT2D eigenvalue weighted by atomic mass is 35.5. The Labute approximate surface area is 242 Å². The molecule has 0 saturated heterocycles. The molecule has 0 spiro atoms. The minimum absolute atomic E-state index is 0.0650. The molecule has 7 nitrogen and oxygen atoms in total. The Morgan fingerprint density at radius 1 is 1.23 bits per heavy atom. The average molecular weight is 604 g/mol. The van der Waals surface area contributed by atoms with Crippen molar-refractivity contribution in [2.45, 2.75) is 58.0 Å². The quantitative estimate of drug-likeness (QED) is 0.392. The molecule has 0 aliphatic carbocycles. The summed E-state index contributed by atoms with van der Waals surface area (Å²) >= 11 is 12.2. The van der Waals surface area contributed by atoms with Crippen molar-refractivity contribution in [3.05, 3.63) is 57.6 Å². The molecule has 0 fully saturated rings. The van der Waals surface area contributed by atoms with Crippen molar-refractivity contribution in [1.29, 1.82) is 0 Å². The third-order valence-corrected chi connectivity index (χ3v) is 7.50. The topological polar surface area (TPSA) is 82.1 Å². The molecular weight excluding hydrogens is 570 g/mol. The molecule has 3 rings (SSSR count). The summed E-state index contributed by atoms with van der Waals surface area (Å²) in [6.45, 7) is 4.92. The molecule has 0 radical (unpaired) electrons. The number of ether oxygens (including phenoxy) is 1. The predicted octanol–water partition coefficient (Wildman–Crippen LogP) is 5.56. The lowest BCUT2D eigenvalue weighted by Gasteiger charge is -2.34. The van der Waals surface area contributed by atoms with Crippen molar-refractivity contribution < 1.29 is 32.6 Å². The smallest absolute Gasteiger partial charge is 0.389 e. The van der Waals surface area contributed by atoms with Crippen LogP contribution < -0.4 is 10.1 Å². The third kappa shape index (κ3) is 9.26. The van der Waals surface area contributed by atoms with Crippen LogP contribution in [0.2, 0.25) is 10.0 Å². The first kappa shape index (κ1) is 32.0. The molecule has 1 aliphatic heterocycles. The normalized spacial score (nSPS) is 18.9. The largest absolute Gasteiger partial charge is 0.488 e. The number of rotatable bonds is 9. The lowest BCUT2D eigenvalue weighted by molar-refractivity contribution is -0.142. The molecule has 2 N–H and O–H groups in total. The molecule has 2 aromatic rings. The first-order valence-electron chi connectivity index (χ1n) is 12.9. The second kappa shape index (κ2) is 13.9. The van der Waals surface area contributed by atoms with Crippen LogP contribution in [-0.4, -0.2) is 71.8 Å². The number of carbonyl (C=O) groups excluding carboxylic acids is 2. The van der Waals surface area contributed by atoms with E-state index >= 15 is 0 Å². The van der Waals surface area contributed by atoms with Crippen molar-refractivity contribution >= 4 is 40.7 Å². The Morgan fingerprint density at radius 3 is 2.60 bits per heavy atom. The van der Waals surface area contributed by atoms with Gasteiger partial charge in [-0.3, -0.25) is 14.5 Å². The number of nitrogens with one attached hydrogen (secondary N) is 1. The van der Waals surface area contributed by atoms with Gasteiger partial charge in [-0.25, -0.2) is 0 Å². The Kier molecular flexibility index (Phi) is 11.1. The maximum Gasteiger partial charge on any atom is 0.389 e. The van der Waals surface area contributed by atoms with E-state index in [-0.39, 0.29) is 36.6 Å². The van der Waals surface area contributed by atoms with Crippen LogP contribution in [0.3, 0.4) is 0 Å². The summed E-state index contributed by atoms with van der Waals surface area (Å²) in [5.41, 5.74) is 1.72. The number of aliphatic hydroxyl groups excluding tert-OH is 1. The lowest BCUT2D eigenvalue weighted by Crippen LogP contribution is -2.47. The maximum atomic E-state index is 13.3. The Morgan fingerprint density at radius 2 is 1.95 bits per heavy atom. The van der Waals surface area contributed by atoms with Gasteiger partial charge in [0.2, 0.25) is 11.8 Å². The Hall–Kier alpha value is -2.53. The third-order valence-electron chi connectivity index (χ3n) is 6.76. The minimum atomic E-state index is -4.44. The average Bonchev–Trinajstić information content (AvgIpc) is 2.92. The molecule has 0 aromatic heterocycles. The van der Waals surface area contributed by atoms with E-state index in [1.807, 2.05) is 20.0 Å². The summed E-state index contributed by atoms with van der Waals surface area (Å²) in [7, 11) is 1.94. The first-order valence-corrected chi connectivity index (χ1v) is 13.7. The van der Waals surface area contributed by atoms with Crippen molar-refractivity contribution in [3.63, 3.8) is 0 Å². The van der Waals surface area contributed by atoms with E-state index in [2.05, 4.69) is 10.2 Å². The highest BCUT2D eigenvalue weighted by Crippen LogP contribution is 2.30. The van der Waals surface area contributed by atoms with Gasteiger partial charge in [0.1, 0.15) is 11.9 Å². The number of aliphatic hydroxyl groups is 1. The fourth-order valence-corrected chi connectivity index (χ4v) is 4.85. The number of fused-ring (bicyclic) bond motifs is 1. The SMILES string of the molecule is C[C@H]1CN([C@@H](C)CO)C(=O)Cc2cc(NC(=O)CCC(F)(F)F)ccc2O[C@H]1CN(C)Cc1ccc(Cl)c(Cl)c1. The number of likely N-dealkylation sites (N-methyl/N-ethyl adjacent to an activating group) is 1. The number of hydrogen-bond acceptors (Lipinski definition) is 5. The molecule has 12 heteroatoms. The molecule has 2 aromatic carbocycles. The van der Waals surface area contributed by atoms with E-state index in [9.17, 15) is 27.9 Å². The van der Waals surface area contributed by atoms with Crippen molar-refractivity contribution in [2.24, 2.45) is 5.92 Å². The maximum absolute atomic E-state index is 13.3. The van der Waals surface area contributed by atoms with Crippen LogP contribution in [0.15, 0.2) is 36.4 Å². The molecule has 0 saturated carbocycles. The molecule has 3 atom stereocenters. The van der Waals surface area contributed by atoms with Gasteiger partial charge in [-0.1, -0.05) is 36.2 Å². The number of halogens is 5. The van der Waals surface area contributed by atoms with Crippen LogP contribution >= 0.6 is 23.2 Å². The van der Waals surface area contributed by atoms with Crippen molar-refractivity contribution in [1.82, 2.24) is 9.80 Å². The molecular formula is C28H34Cl2F3N3O4. The summed E-state index contributed by atoms with van der Waals surface area (Å²) in [6, 6.07) is 9.71. The Balaban J connectivity index is 1.85. The number of carbonyl (C=O) groups is 2. The summed E-state index contributed by atoms with van der Waals surface area (Å²) in [4.78, 5) is 29.1. The van der Waals surface area contributed by atoms with E-state index in [0.29, 0.717) is 41.0 Å². The van der Waals surface area contributed by atoms with Crippen LogP contribution in [0.1, 0.15) is 37.8 Å². The second-order valence-electron chi connectivity index (χ2n) is 10.3. The Bertz CT molecular complexity index is 1200. The fourth-order valence-electron chi connectivity index (χ4n) is 4.53. The highest BCUT2D eigenvalue weighted by molar-refractivity contribution is 6.42. The zero-order valence-corrected chi connectivity index (χ0v) is 24.1. The standard InChI is InChI=1S/C28H34Cl2F3N3O4/c1-17-13-36(18(2)16-37)27(39)12-20-11-21(34-26(38)8-9-28(31,32)33)5-7-24(20)40-25(17)15-35(3)14-19-4-6-22(29)23(30)10-19/h4-7,10-11,17-18,25,37H,8-9,12-16H2,1-3H3,(H,34,38)/t17-,18-,25-/m0/s1. The van der Waals surface area contributed by atoms with Gasteiger partial charge in [-0.15, -0.1) is 0 Å². The number of nitrogens with zero attached hydrogens (tertiary/aromatic N) is 2. The highest BCUT2D eigenvalue weighted by Gasteiger charge is 2.31. The van der Waals surface area contributed by atoms with Gasteiger partial charge in [0, 0.05) is 43.2 Å². The molecule has 1 aliphatic rings. The summed E-state index contributed by atoms with van der Waals surface area (Å²) in [5.74, 6) is -0.691. The molecule has 40 heavy (non-hydrogen) atoms. The number of hydrogen-bond donors (Lipinski definition) is 2. The first-order chi connectivity index (χ1) is 18.8. The van der Waals surface area contributed by atoms with Gasteiger partial charge in [0.25, 0.3) is 0 Å². The van der Waals surface area contributed by atoms with E-state index in [1.165, 1.54) is 0 Å². The van der Waals surface area contributed by atoms with Crippen molar-refractivity contribution in [2.75, 3.05) is 32.1 Å². The van der Waals surface area contributed by atoms with Crippen LogP contribution in [-0.2, 0) is 22.6 Å². The monoisotopic (exact) mass is 603 g/mol. The van der Waals surface area contributed by atoms with E-state index in [0.717, 1.165) is 5.56 Å². The zero-order valence-electron chi connectivity index (χ0n) is 22.6. The van der Waals surface area contributed by atoms with E-state index < -0.39 is 31.0 Å². The summed E-state index contributed by atoms with van der Waals surface area (Å²) < 4.78 is 44.0. The number of benzene rings is 2. The van der Waals surface area contributed by atoms with Gasteiger partial charge in [0.05, 0.1) is 35.5 Å². The van der Waals surface area contributed by atoms with Gasteiger partial charge < -0.3 is 20.1 Å².